The molecule has 1 aliphatic heterocycles. The van der Waals surface area contributed by atoms with Crippen LogP contribution in [0.1, 0.15) is 11.4 Å². The highest BCUT2D eigenvalue weighted by Gasteiger charge is 2.33. The van der Waals surface area contributed by atoms with Crippen LogP contribution >= 0.6 is 11.3 Å². The van der Waals surface area contributed by atoms with Crippen molar-refractivity contribution in [3.8, 4) is 11.3 Å². The molecule has 0 aliphatic carbocycles. The molecular formula is C18H21N3O3S. The minimum absolute atomic E-state index is 0.00597. The summed E-state index contributed by atoms with van der Waals surface area (Å²) in [6.07, 6.45) is 0.256. The van der Waals surface area contributed by atoms with Crippen LogP contribution in [0.2, 0.25) is 0 Å². The number of methoxy groups -OCH3 is 1. The Morgan fingerprint density at radius 1 is 1.40 bits per heavy atom. The molecule has 1 fully saturated rings. The Morgan fingerprint density at radius 3 is 2.80 bits per heavy atom. The SMILES string of the molecule is COCCN1CC(C(=O)Nc2ccc(-c3csc(C)n3)cc2)CC1=O. The van der Waals surface area contributed by atoms with Crippen LogP contribution < -0.4 is 5.32 Å². The summed E-state index contributed by atoms with van der Waals surface area (Å²) in [5.74, 6) is -0.429. The number of benzene rings is 1. The van der Waals surface area contributed by atoms with Crippen molar-refractivity contribution in [1.29, 1.82) is 0 Å². The number of rotatable bonds is 6. The summed E-state index contributed by atoms with van der Waals surface area (Å²) in [6, 6.07) is 7.60. The second-order valence-electron chi connectivity index (χ2n) is 6.05. The molecule has 7 heteroatoms. The first-order valence-electron chi connectivity index (χ1n) is 8.17. The van der Waals surface area contributed by atoms with Crippen LogP contribution in [0.15, 0.2) is 29.6 Å². The topological polar surface area (TPSA) is 71.5 Å². The van der Waals surface area contributed by atoms with Crippen LogP contribution in [-0.2, 0) is 14.3 Å². The van der Waals surface area contributed by atoms with Gasteiger partial charge in [-0.1, -0.05) is 12.1 Å². The molecule has 1 unspecified atom stereocenters. The van der Waals surface area contributed by atoms with Gasteiger partial charge in [0.1, 0.15) is 0 Å². The molecule has 1 aromatic carbocycles. The Morgan fingerprint density at radius 2 is 2.16 bits per heavy atom. The predicted octanol–water partition coefficient (Wildman–Crippen LogP) is 2.55. The summed E-state index contributed by atoms with van der Waals surface area (Å²) in [5.41, 5.74) is 2.68. The third kappa shape index (κ3) is 4.24. The molecule has 1 N–H and O–H groups in total. The fourth-order valence-corrected chi connectivity index (χ4v) is 3.45. The lowest BCUT2D eigenvalue weighted by Crippen LogP contribution is -2.30. The van der Waals surface area contributed by atoms with E-state index in [0.29, 0.717) is 19.7 Å². The van der Waals surface area contributed by atoms with Gasteiger partial charge in [-0.05, 0) is 19.1 Å². The normalized spacial score (nSPS) is 17.1. The van der Waals surface area contributed by atoms with Gasteiger partial charge in [-0.3, -0.25) is 9.59 Å². The molecule has 0 radical (unpaired) electrons. The number of carbonyl (C=O) groups excluding carboxylic acids is 2. The lowest BCUT2D eigenvalue weighted by Gasteiger charge is -2.15. The van der Waals surface area contributed by atoms with Crippen molar-refractivity contribution in [2.45, 2.75) is 13.3 Å². The molecule has 2 heterocycles. The van der Waals surface area contributed by atoms with Crippen molar-refractivity contribution in [3.05, 3.63) is 34.7 Å². The van der Waals surface area contributed by atoms with E-state index in [0.717, 1.165) is 22.0 Å². The molecule has 132 valence electrons. The quantitative estimate of drug-likeness (QED) is 0.860. The van der Waals surface area contributed by atoms with E-state index in [4.69, 9.17) is 4.74 Å². The molecular weight excluding hydrogens is 338 g/mol. The maximum absolute atomic E-state index is 12.4. The molecule has 0 spiro atoms. The van der Waals surface area contributed by atoms with Gasteiger partial charge in [-0.2, -0.15) is 0 Å². The van der Waals surface area contributed by atoms with Crippen molar-refractivity contribution < 1.29 is 14.3 Å². The fraction of sp³-hybridized carbons (Fsp3) is 0.389. The third-order valence-corrected chi connectivity index (χ3v) is 4.99. The average molecular weight is 359 g/mol. The van der Waals surface area contributed by atoms with Crippen LogP contribution in [0.4, 0.5) is 5.69 Å². The van der Waals surface area contributed by atoms with E-state index in [2.05, 4.69) is 10.3 Å². The van der Waals surface area contributed by atoms with Gasteiger partial charge in [0.25, 0.3) is 0 Å². The zero-order valence-corrected chi connectivity index (χ0v) is 15.1. The summed E-state index contributed by atoms with van der Waals surface area (Å²) >= 11 is 1.61. The molecule has 0 bridgehead atoms. The molecule has 0 saturated carbocycles. The fourth-order valence-electron chi connectivity index (χ4n) is 2.83. The summed E-state index contributed by atoms with van der Waals surface area (Å²) in [5, 5.41) is 5.94. The van der Waals surface area contributed by atoms with Gasteiger partial charge in [0.2, 0.25) is 11.8 Å². The molecule has 3 rings (SSSR count). The number of nitrogens with zero attached hydrogens (tertiary/aromatic N) is 2. The number of amides is 2. The van der Waals surface area contributed by atoms with Gasteiger partial charge in [0.05, 0.1) is 23.2 Å². The Kier molecular flexibility index (Phi) is 5.45. The number of nitrogens with one attached hydrogen (secondary N) is 1. The number of aromatic nitrogens is 1. The van der Waals surface area contributed by atoms with Gasteiger partial charge in [0, 0.05) is 43.3 Å². The lowest BCUT2D eigenvalue weighted by molar-refractivity contribution is -0.128. The second kappa shape index (κ2) is 7.76. The molecule has 1 aliphatic rings. The van der Waals surface area contributed by atoms with Crippen molar-refractivity contribution in [2.75, 3.05) is 32.1 Å². The van der Waals surface area contributed by atoms with E-state index in [9.17, 15) is 9.59 Å². The largest absolute Gasteiger partial charge is 0.383 e. The first-order chi connectivity index (χ1) is 12.1. The van der Waals surface area contributed by atoms with Gasteiger partial charge in [-0.25, -0.2) is 4.98 Å². The van der Waals surface area contributed by atoms with E-state index in [1.807, 2.05) is 36.6 Å². The number of aryl methyl sites for hydroxylation is 1. The monoisotopic (exact) mass is 359 g/mol. The van der Waals surface area contributed by atoms with E-state index < -0.39 is 0 Å². The molecule has 1 saturated heterocycles. The minimum atomic E-state index is -0.315. The zero-order valence-electron chi connectivity index (χ0n) is 14.3. The number of ether oxygens (including phenoxy) is 1. The second-order valence-corrected chi connectivity index (χ2v) is 7.11. The van der Waals surface area contributed by atoms with Crippen LogP contribution in [0.5, 0.6) is 0 Å². The van der Waals surface area contributed by atoms with Crippen molar-refractivity contribution >= 4 is 28.8 Å². The van der Waals surface area contributed by atoms with E-state index in [1.165, 1.54) is 0 Å². The first kappa shape index (κ1) is 17.6. The molecule has 1 atom stereocenters. The maximum atomic E-state index is 12.4. The summed E-state index contributed by atoms with van der Waals surface area (Å²) in [4.78, 5) is 30.5. The zero-order chi connectivity index (χ0) is 17.8. The molecule has 25 heavy (non-hydrogen) atoms. The van der Waals surface area contributed by atoms with E-state index in [1.54, 1.807) is 23.3 Å². The highest BCUT2D eigenvalue weighted by Crippen LogP contribution is 2.24. The van der Waals surface area contributed by atoms with Crippen LogP contribution in [0.25, 0.3) is 11.3 Å². The Hall–Kier alpha value is -2.25. The van der Waals surface area contributed by atoms with E-state index >= 15 is 0 Å². The van der Waals surface area contributed by atoms with Crippen molar-refractivity contribution in [2.24, 2.45) is 5.92 Å². The number of anilines is 1. The molecule has 6 nitrogen and oxygen atoms in total. The predicted molar refractivity (Wildman–Crippen MR) is 97.5 cm³/mol. The van der Waals surface area contributed by atoms with Crippen LogP contribution in [0.3, 0.4) is 0 Å². The van der Waals surface area contributed by atoms with Crippen LogP contribution in [-0.4, -0.2) is 48.5 Å². The van der Waals surface area contributed by atoms with Gasteiger partial charge >= 0.3 is 0 Å². The Balaban J connectivity index is 1.59. The van der Waals surface area contributed by atoms with E-state index in [-0.39, 0.29) is 24.2 Å². The average Bonchev–Trinajstić information content (AvgIpc) is 3.20. The number of hydrogen-bond donors (Lipinski definition) is 1. The minimum Gasteiger partial charge on any atom is -0.383 e. The molecule has 2 amide bonds. The van der Waals surface area contributed by atoms with Crippen molar-refractivity contribution in [3.63, 3.8) is 0 Å². The van der Waals surface area contributed by atoms with Crippen molar-refractivity contribution in [1.82, 2.24) is 9.88 Å². The number of thiazole rings is 1. The highest BCUT2D eigenvalue weighted by molar-refractivity contribution is 7.09. The summed E-state index contributed by atoms with van der Waals surface area (Å²) in [6.45, 7) is 3.43. The Labute approximate surface area is 150 Å². The smallest absolute Gasteiger partial charge is 0.229 e. The molecule has 1 aromatic heterocycles. The van der Waals surface area contributed by atoms with Gasteiger partial charge in [-0.15, -0.1) is 11.3 Å². The summed E-state index contributed by atoms with van der Waals surface area (Å²) < 4.78 is 4.99. The third-order valence-electron chi connectivity index (χ3n) is 4.22. The maximum Gasteiger partial charge on any atom is 0.229 e. The number of hydrogen-bond acceptors (Lipinski definition) is 5. The Bertz CT molecular complexity index is 757. The van der Waals surface area contributed by atoms with Crippen LogP contribution in [0, 0.1) is 12.8 Å². The standard InChI is InChI=1S/C18H21N3O3S/c1-12-19-16(11-25-12)13-3-5-15(6-4-13)20-18(23)14-9-17(22)21(10-14)7-8-24-2/h3-6,11,14H,7-10H2,1-2H3,(H,20,23). The lowest BCUT2D eigenvalue weighted by atomic mass is 10.1. The number of carbonyl (C=O) groups is 2. The molecule has 2 aromatic rings. The van der Waals surface area contributed by atoms with Gasteiger partial charge < -0.3 is 15.0 Å². The summed E-state index contributed by atoms with van der Waals surface area (Å²) in [7, 11) is 1.60. The number of likely N-dealkylation sites (tertiary alicyclic amines) is 1. The highest BCUT2D eigenvalue weighted by atomic mass is 32.1. The first-order valence-corrected chi connectivity index (χ1v) is 9.05. The van der Waals surface area contributed by atoms with Gasteiger partial charge in [0.15, 0.2) is 0 Å².